The Labute approximate surface area is 737 Å². The Kier molecular flexibility index (Phi) is 18.4. The van der Waals surface area contributed by atoms with Crippen LogP contribution >= 0.6 is 0 Å². The molecular weight excluding hydrogens is 1550 g/mol. The van der Waals surface area contributed by atoms with E-state index in [1.165, 1.54) is 86.5 Å². The lowest BCUT2D eigenvalue weighted by Gasteiger charge is -2.16. The highest BCUT2D eigenvalue weighted by Gasteiger charge is 2.22. The van der Waals surface area contributed by atoms with Crippen molar-refractivity contribution in [3.8, 4) is 135 Å². The van der Waals surface area contributed by atoms with Gasteiger partial charge in [-0.25, -0.2) is 39.9 Å². The maximum Gasteiger partial charge on any atom is 0.164 e. The first-order valence-corrected chi connectivity index (χ1v) is 43.3. The molecule has 0 fully saturated rings. The van der Waals surface area contributed by atoms with E-state index in [9.17, 15) is 0 Å². The summed E-state index contributed by atoms with van der Waals surface area (Å²) in [4.78, 5) is 41.4. The van der Waals surface area contributed by atoms with Crippen LogP contribution in [0.25, 0.3) is 254 Å². The zero-order valence-corrected chi connectivity index (χ0v) is 69.3. The van der Waals surface area contributed by atoms with Gasteiger partial charge in [0.2, 0.25) is 0 Å². The first-order chi connectivity index (χ1) is 63.4. The van der Waals surface area contributed by atoms with E-state index in [1.807, 2.05) is 60.7 Å². The molecule has 4 aromatic heterocycles. The number of hydrogen-bond acceptors (Lipinski definition) is 8. The van der Waals surface area contributed by atoms with E-state index in [4.69, 9.17) is 39.9 Å². The van der Waals surface area contributed by atoms with E-state index in [-0.39, 0.29) is 0 Å². The fraction of sp³-hybridized carbons (Fsp3) is 0. The molecule has 0 aliphatic carbocycles. The van der Waals surface area contributed by atoms with Crippen LogP contribution in [0, 0.1) is 0 Å². The van der Waals surface area contributed by atoms with Crippen molar-refractivity contribution in [1.29, 1.82) is 0 Å². The van der Waals surface area contributed by atoms with Gasteiger partial charge < -0.3 is 0 Å². The second kappa shape index (κ2) is 31.6. The van der Waals surface area contributed by atoms with Crippen LogP contribution in [0.5, 0.6) is 0 Å². The predicted octanol–water partition coefficient (Wildman–Crippen LogP) is 31.2. The zero-order chi connectivity index (χ0) is 84.5. The third-order valence-electron chi connectivity index (χ3n) is 25.1. The maximum absolute atomic E-state index is 5.57. The molecule has 0 aliphatic heterocycles. The number of hydrogen-bond donors (Lipinski definition) is 0. The largest absolute Gasteiger partial charge is 0.247 e. The standard InChI is InChI=1S/C62H38N4.C58H36N4/c1-4-15-45-35-49(30-25-39(45)11-1)54-21-10-22-55-57-53-20-8-7-14-43(53)33-34-56(57)58(63-59(54)55)44-28-23-42(24-29-44)48-18-9-19-50(36-48)60-64-61(51-31-26-40-12-2-5-16-46(40)37-51)66-62(65-60)52-32-27-41-13-3-6-17-47(41)38-52;1-3-14-41(15-4-1)56-60-57(42-16-5-2-6-17-42)62-58(61-56)47-19-11-18-46(35-47)55-51-32-28-40-13-8-10-21-50(40)54(51)52-36-44(30-33-53(52)59-55)38-24-22-37(23-25-38)43-29-31-49-45(34-43)27-26-39-12-7-9-20-48(39)49/h1-38H;1-36H. The van der Waals surface area contributed by atoms with Crippen molar-refractivity contribution in [2.45, 2.75) is 0 Å². The smallest absolute Gasteiger partial charge is 0.164 e. The topological polar surface area (TPSA) is 103 Å². The molecule has 0 radical (unpaired) electrons. The second-order valence-corrected chi connectivity index (χ2v) is 32.8. The molecular formula is C120H74N8. The molecule has 8 heteroatoms. The molecule has 0 unspecified atom stereocenters. The minimum absolute atomic E-state index is 0.611. The van der Waals surface area contributed by atoms with Gasteiger partial charge in [-0.3, -0.25) is 0 Å². The molecule has 0 bridgehead atoms. The van der Waals surface area contributed by atoms with E-state index in [0.29, 0.717) is 34.9 Å². The van der Waals surface area contributed by atoms with Crippen LogP contribution in [0.15, 0.2) is 449 Å². The molecule has 594 valence electrons. The van der Waals surface area contributed by atoms with Crippen LogP contribution in [0.4, 0.5) is 0 Å². The van der Waals surface area contributed by atoms with Crippen molar-refractivity contribution in [3.63, 3.8) is 0 Å². The van der Waals surface area contributed by atoms with Gasteiger partial charge in [-0.05, 0) is 163 Å². The SMILES string of the molecule is c1cc(-c2ccc(-c3nc4c(-c5ccc6ccccc6c5)cccc4c4c3ccc3ccccc34)cc2)cc(-c2nc(-c3ccc4ccccc4c3)nc(-c3ccc4ccccc4c3)n2)c1.c1ccc(-c2nc(-c3ccccc3)nc(-c3cccc(-c4nc5ccc(-c6ccc(-c7ccc8c(ccc9ccccc98)c7)cc6)cc5c5c4ccc4ccccc45)c3)n2)cc1. The number of aromatic nitrogens is 8. The van der Waals surface area contributed by atoms with Crippen LogP contribution in [-0.4, -0.2) is 39.9 Å². The van der Waals surface area contributed by atoms with Crippen LogP contribution in [-0.2, 0) is 0 Å². The molecule has 25 aromatic rings. The molecule has 25 rings (SSSR count). The summed E-state index contributed by atoms with van der Waals surface area (Å²) in [6.07, 6.45) is 0. The average Bonchev–Trinajstić information content (AvgIpc) is 0.733. The first-order valence-electron chi connectivity index (χ1n) is 43.3. The van der Waals surface area contributed by atoms with E-state index < -0.39 is 0 Å². The molecule has 0 spiro atoms. The monoisotopic (exact) mass is 1630 g/mol. The van der Waals surface area contributed by atoms with Gasteiger partial charge in [-0.15, -0.1) is 0 Å². The summed E-state index contributed by atoms with van der Waals surface area (Å²) in [6, 6.07) is 159. The van der Waals surface area contributed by atoms with Crippen LogP contribution in [0.2, 0.25) is 0 Å². The quantitative estimate of drug-likeness (QED) is 0.111. The second-order valence-electron chi connectivity index (χ2n) is 32.8. The summed E-state index contributed by atoms with van der Waals surface area (Å²) < 4.78 is 0. The van der Waals surface area contributed by atoms with Gasteiger partial charge in [-0.2, -0.15) is 0 Å². The van der Waals surface area contributed by atoms with Gasteiger partial charge in [0.05, 0.1) is 22.4 Å². The number of rotatable bonds is 12. The minimum atomic E-state index is 0.611. The predicted molar refractivity (Wildman–Crippen MR) is 533 cm³/mol. The molecule has 21 aromatic carbocycles. The minimum Gasteiger partial charge on any atom is -0.247 e. The number of nitrogens with zero attached hydrogens (tertiary/aromatic N) is 8. The van der Waals surface area contributed by atoms with Crippen LogP contribution < -0.4 is 0 Å². The highest BCUT2D eigenvalue weighted by molar-refractivity contribution is 6.25. The lowest BCUT2D eigenvalue weighted by Crippen LogP contribution is -2.00. The summed E-state index contributed by atoms with van der Waals surface area (Å²) in [5.41, 5.74) is 20.6. The highest BCUT2D eigenvalue weighted by Crippen LogP contribution is 2.45. The van der Waals surface area contributed by atoms with Crippen molar-refractivity contribution in [2.24, 2.45) is 0 Å². The van der Waals surface area contributed by atoms with E-state index >= 15 is 0 Å². The van der Waals surface area contributed by atoms with Crippen LogP contribution in [0.3, 0.4) is 0 Å². The van der Waals surface area contributed by atoms with Crippen molar-refractivity contribution in [2.75, 3.05) is 0 Å². The molecule has 8 nitrogen and oxygen atoms in total. The Morgan fingerprint density at radius 2 is 0.430 bits per heavy atom. The van der Waals surface area contributed by atoms with Crippen molar-refractivity contribution >= 4 is 119 Å². The summed E-state index contributed by atoms with van der Waals surface area (Å²) in [6.45, 7) is 0. The Balaban J connectivity index is 0.000000143. The Morgan fingerprint density at radius 3 is 0.969 bits per heavy atom. The zero-order valence-electron chi connectivity index (χ0n) is 69.3. The average molecular weight is 1630 g/mol. The van der Waals surface area contributed by atoms with E-state index in [1.54, 1.807) is 0 Å². The van der Waals surface area contributed by atoms with E-state index in [2.05, 4.69) is 388 Å². The third-order valence-corrected chi connectivity index (χ3v) is 25.1. The Morgan fingerprint density at radius 1 is 0.125 bits per heavy atom. The third kappa shape index (κ3) is 13.8. The normalized spacial score (nSPS) is 11.6. The molecule has 128 heavy (non-hydrogen) atoms. The summed E-state index contributed by atoms with van der Waals surface area (Å²) in [7, 11) is 0. The molecule has 0 N–H and O–H groups in total. The van der Waals surface area contributed by atoms with Gasteiger partial charge in [0.15, 0.2) is 34.9 Å². The van der Waals surface area contributed by atoms with Gasteiger partial charge >= 0.3 is 0 Å². The maximum atomic E-state index is 5.57. The molecule has 4 heterocycles. The van der Waals surface area contributed by atoms with Gasteiger partial charge in [0, 0.05) is 82.4 Å². The first kappa shape index (κ1) is 74.6. The molecule has 0 saturated heterocycles. The number of para-hydroxylation sites is 1. The highest BCUT2D eigenvalue weighted by atomic mass is 15.0. The lowest BCUT2D eigenvalue weighted by atomic mass is 9.92. The number of pyridine rings is 2. The van der Waals surface area contributed by atoms with Crippen LogP contribution in [0.1, 0.15) is 0 Å². The fourth-order valence-corrected chi connectivity index (χ4v) is 18.6. The summed E-state index contributed by atoms with van der Waals surface area (Å²) >= 11 is 0. The van der Waals surface area contributed by atoms with Crippen molar-refractivity contribution in [1.82, 2.24) is 39.9 Å². The van der Waals surface area contributed by atoms with Gasteiger partial charge in [0.25, 0.3) is 0 Å². The molecule has 0 saturated carbocycles. The number of benzene rings is 21. The van der Waals surface area contributed by atoms with Crippen molar-refractivity contribution < 1.29 is 0 Å². The van der Waals surface area contributed by atoms with Gasteiger partial charge in [0.1, 0.15) is 0 Å². The van der Waals surface area contributed by atoms with Crippen molar-refractivity contribution in [3.05, 3.63) is 449 Å². The molecule has 0 aliphatic rings. The summed E-state index contributed by atoms with van der Waals surface area (Å²) in [5.74, 6) is 3.77. The Bertz CT molecular complexity index is 8600. The number of fused-ring (bicyclic) bond motifs is 16. The van der Waals surface area contributed by atoms with Gasteiger partial charge in [-0.1, -0.05) is 400 Å². The van der Waals surface area contributed by atoms with E-state index in [0.717, 1.165) is 133 Å². The fourth-order valence-electron chi connectivity index (χ4n) is 18.6. The summed E-state index contributed by atoms with van der Waals surface area (Å²) in [5, 5.41) is 23.9. The molecule has 0 amide bonds. The molecule has 0 atom stereocenters. The lowest BCUT2D eigenvalue weighted by molar-refractivity contribution is 1.07. The Hall–Kier alpha value is -17.2.